The first-order valence-electron chi connectivity index (χ1n) is 6.28. The summed E-state index contributed by atoms with van der Waals surface area (Å²) in [4.78, 5) is 0.163. The molecule has 2 rings (SSSR count). The number of nitrogens with zero attached hydrogens (tertiary/aromatic N) is 1. The van der Waals surface area contributed by atoms with E-state index in [1.54, 1.807) is 37.3 Å². The maximum atomic E-state index is 12.3. The molecule has 0 bridgehead atoms. The Morgan fingerprint density at radius 1 is 1.24 bits per heavy atom. The van der Waals surface area contributed by atoms with E-state index in [-0.39, 0.29) is 11.4 Å². The van der Waals surface area contributed by atoms with Gasteiger partial charge < -0.3 is 5.73 Å². The number of para-hydroxylation sites is 1. The molecule has 0 aliphatic heterocycles. The van der Waals surface area contributed by atoms with Crippen LogP contribution in [0.3, 0.4) is 0 Å². The molecule has 2 aromatic carbocycles. The van der Waals surface area contributed by atoms with Gasteiger partial charge in [0.25, 0.3) is 0 Å². The number of hydrogen-bond acceptors (Lipinski definition) is 4. The van der Waals surface area contributed by atoms with Crippen molar-refractivity contribution in [3.63, 3.8) is 0 Å². The van der Waals surface area contributed by atoms with Crippen molar-refractivity contribution in [3.8, 4) is 6.07 Å². The van der Waals surface area contributed by atoms with Crippen LogP contribution in [0.4, 0.5) is 5.69 Å². The van der Waals surface area contributed by atoms with Crippen LogP contribution in [0.5, 0.6) is 0 Å². The van der Waals surface area contributed by atoms with Crippen LogP contribution >= 0.6 is 0 Å². The Morgan fingerprint density at radius 3 is 2.57 bits per heavy atom. The van der Waals surface area contributed by atoms with E-state index in [9.17, 15) is 8.42 Å². The second-order valence-electron chi connectivity index (χ2n) is 4.62. The van der Waals surface area contributed by atoms with Crippen LogP contribution in [0.15, 0.2) is 47.4 Å². The van der Waals surface area contributed by atoms with Crippen LogP contribution in [-0.4, -0.2) is 8.42 Å². The Morgan fingerprint density at radius 2 is 1.95 bits per heavy atom. The van der Waals surface area contributed by atoms with Crippen LogP contribution in [-0.2, 0) is 16.6 Å². The molecule has 0 heterocycles. The molecule has 3 N–H and O–H groups in total. The van der Waals surface area contributed by atoms with Crippen LogP contribution in [0.2, 0.25) is 0 Å². The SMILES string of the molecule is Cc1cc(C#N)ccc1S(=O)(=O)NCc1ccccc1N. The number of rotatable bonds is 4. The molecule has 0 radical (unpaired) electrons. The molecular formula is C15H15N3O2S. The average molecular weight is 301 g/mol. The van der Waals surface area contributed by atoms with Gasteiger partial charge >= 0.3 is 0 Å². The maximum absolute atomic E-state index is 12.3. The minimum atomic E-state index is -3.65. The third-order valence-electron chi connectivity index (χ3n) is 3.10. The van der Waals surface area contributed by atoms with Gasteiger partial charge in [-0.15, -0.1) is 0 Å². The summed E-state index contributed by atoms with van der Waals surface area (Å²) in [6.07, 6.45) is 0. The lowest BCUT2D eigenvalue weighted by Gasteiger charge is -2.10. The molecule has 2 aromatic rings. The predicted octanol–water partition coefficient (Wildman–Crippen LogP) is 1.93. The van der Waals surface area contributed by atoms with Gasteiger partial charge in [0.15, 0.2) is 0 Å². The summed E-state index contributed by atoms with van der Waals surface area (Å²) in [7, 11) is -3.65. The normalized spacial score (nSPS) is 11.0. The second kappa shape index (κ2) is 5.95. The highest BCUT2D eigenvalue weighted by Crippen LogP contribution is 2.17. The quantitative estimate of drug-likeness (QED) is 0.843. The Balaban J connectivity index is 2.24. The van der Waals surface area contributed by atoms with Crippen molar-refractivity contribution in [3.05, 3.63) is 59.2 Å². The molecule has 0 fully saturated rings. The third kappa shape index (κ3) is 3.40. The van der Waals surface area contributed by atoms with Gasteiger partial charge in [0.1, 0.15) is 0 Å². The molecular weight excluding hydrogens is 286 g/mol. The number of nitrogens with two attached hydrogens (primary N) is 1. The van der Waals surface area contributed by atoms with Crippen molar-refractivity contribution in [1.82, 2.24) is 4.72 Å². The first kappa shape index (κ1) is 15.0. The Bertz CT molecular complexity index is 808. The lowest BCUT2D eigenvalue weighted by Crippen LogP contribution is -2.24. The van der Waals surface area contributed by atoms with Crippen LogP contribution in [0, 0.1) is 18.3 Å². The highest BCUT2D eigenvalue weighted by molar-refractivity contribution is 7.89. The summed E-state index contributed by atoms with van der Waals surface area (Å²) in [6, 6.07) is 13.5. The zero-order valence-corrected chi connectivity index (χ0v) is 12.3. The second-order valence-corrected chi connectivity index (χ2v) is 6.35. The zero-order valence-electron chi connectivity index (χ0n) is 11.5. The summed E-state index contributed by atoms with van der Waals surface area (Å²) in [5.41, 5.74) is 8.00. The van der Waals surface area contributed by atoms with E-state index in [4.69, 9.17) is 11.0 Å². The summed E-state index contributed by atoms with van der Waals surface area (Å²) >= 11 is 0. The fourth-order valence-corrected chi connectivity index (χ4v) is 3.20. The van der Waals surface area contributed by atoms with Crippen molar-refractivity contribution in [1.29, 1.82) is 5.26 Å². The van der Waals surface area contributed by atoms with E-state index in [2.05, 4.69) is 4.72 Å². The van der Waals surface area contributed by atoms with Crippen molar-refractivity contribution in [2.24, 2.45) is 0 Å². The Labute approximate surface area is 124 Å². The van der Waals surface area contributed by atoms with Gasteiger partial charge in [-0.25, -0.2) is 13.1 Å². The van der Waals surface area contributed by atoms with Gasteiger partial charge in [-0.2, -0.15) is 5.26 Å². The molecule has 0 spiro atoms. The fourth-order valence-electron chi connectivity index (χ4n) is 1.97. The summed E-state index contributed by atoms with van der Waals surface area (Å²) < 4.78 is 27.1. The Kier molecular flexibility index (Phi) is 4.26. The number of sulfonamides is 1. The fraction of sp³-hybridized carbons (Fsp3) is 0.133. The van der Waals surface area contributed by atoms with Crippen molar-refractivity contribution >= 4 is 15.7 Å². The van der Waals surface area contributed by atoms with Gasteiger partial charge in [-0.05, 0) is 42.3 Å². The smallest absolute Gasteiger partial charge is 0.241 e. The summed E-state index contributed by atoms with van der Waals surface area (Å²) in [5, 5.41) is 8.81. The number of aryl methyl sites for hydroxylation is 1. The topological polar surface area (TPSA) is 96.0 Å². The molecule has 0 aliphatic rings. The number of nitriles is 1. The highest BCUT2D eigenvalue weighted by Gasteiger charge is 2.17. The van der Waals surface area contributed by atoms with Crippen molar-refractivity contribution in [2.75, 3.05) is 5.73 Å². The number of anilines is 1. The van der Waals surface area contributed by atoms with E-state index in [1.807, 2.05) is 6.07 Å². The van der Waals surface area contributed by atoms with E-state index >= 15 is 0 Å². The minimum Gasteiger partial charge on any atom is -0.398 e. The van der Waals surface area contributed by atoms with Crippen molar-refractivity contribution < 1.29 is 8.42 Å². The van der Waals surface area contributed by atoms with Crippen LogP contribution in [0.25, 0.3) is 0 Å². The van der Waals surface area contributed by atoms with E-state index < -0.39 is 10.0 Å². The number of hydrogen-bond donors (Lipinski definition) is 2. The third-order valence-corrected chi connectivity index (χ3v) is 4.66. The molecule has 0 aliphatic carbocycles. The van der Waals surface area contributed by atoms with Gasteiger partial charge in [0.05, 0.1) is 16.5 Å². The Hall–Kier alpha value is -2.36. The number of nitrogens with one attached hydrogen (secondary N) is 1. The molecule has 0 atom stereocenters. The number of benzene rings is 2. The first-order valence-corrected chi connectivity index (χ1v) is 7.76. The van der Waals surface area contributed by atoms with Crippen LogP contribution < -0.4 is 10.5 Å². The molecule has 0 aromatic heterocycles. The molecule has 21 heavy (non-hydrogen) atoms. The largest absolute Gasteiger partial charge is 0.398 e. The maximum Gasteiger partial charge on any atom is 0.241 e. The molecule has 6 heteroatoms. The minimum absolute atomic E-state index is 0.119. The van der Waals surface area contributed by atoms with Gasteiger partial charge in [-0.1, -0.05) is 18.2 Å². The molecule has 5 nitrogen and oxygen atoms in total. The van der Waals surface area contributed by atoms with E-state index in [0.717, 1.165) is 0 Å². The molecule has 0 saturated carbocycles. The lowest BCUT2D eigenvalue weighted by molar-refractivity contribution is 0.581. The monoisotopic (exact) mass is 301 g/mol. The number of nitrogen functional groups attached to an aromatic ring is 1. The van der Waals surface area contributed by atoms with E-state index in [0.29, 0.717) is 22.4 Å². The summed E-state index contributed by atoms with van der Waals surface area (Å²) in [5.74, 6) is 0. The van der Waals surface area contributed by atoms with Gasteiger partial charge in [-0.3, -0.25) is 0 Å². The van der Waals surface area contributed by atoms with E-state index in [1.165, 1.54) is 12.1 Å². The van der Waals surface area contributed by atoms with Crippen molar-refractivity contribution in [2.45, 2.75) is 18.4 Å². The standard InChI is InChI=1S/C15H15N3O2S/c1-11-8-12(9-16)6-7-15(11)21(19,20)18-10-13-4-2-3-5-14(13)17/h2-8,18H,10,17H2,1H3. The van der Waals surface area contributed by atoms with Gasteiger partial charge in [0, 0.05) is 12.2 Å². The molecule has 108 valence electrons. The lowest BCUT2D eigenvalue weighted by atomic mass is 10.2. The highest BCUT2D eigenvalue weighted by atomic mass is 32.2. The molecule has 0 unspecified atom stereocenters. The van der Waals surface area contributed by atoms with Gasteiger partial charge in [0.2, 0.25) is 10.0 Å². The first-order chi connectivity index (χ1) is 9.94. The predicted molar refractivity (Wildman–Crippen MR) is 80.8 cm³/mol. The van der Waals surface area contributed by atoms with Crippen LogP contribution in [0.1, 0.15) is 16.7 Å². The zero-order chi connectivity index (χ0) is 15.5. The molecule has 0 saturated heterocycles. The summed E-state index contributed by atoms with van der Waals surface area (Å²) in [6.45, 7) is 1.78. The average Bonchev–Trinajstić information content (AvgIpc) is 2.46. The molecule has 0 amide bonds.